The molecule has 2 aromatic rings. The van der Waals surface area contributed by atoms with Crippen LogP contribution in [0.15, 0.2) is 18.2 Å². The molecule has 0 amide bonds. The fraction of sp³-hybridized carbons (Fsp3) is 0.500. The van der Waals surface area contributed by atoms with Crippen molar-refractivity contribution in [3.63, 3.8) is 0 Å². The molecular formula is C14H17ClN4. The Balaban J connectivity index is 1.89. The molecule has 1 unspecified atom stereocenters. The number of anilines is 1. The Bertz CT molecular complexity index is 628. The SMILES string of the molecule is Nc1nc2cccc(Cl)c2n1C1CN2CCC1CC2. The Hall–Kier alpha value is -1.26. The van der Waals surface area contributed by atoms with Crippen LogP contribution in [0.2, 0.25) is 5.02 Å². The van der Waals surface area contributed by atoms with Crippen molar-refractivity contribution in [2.75, 3.05) is 25.4 Å². The number of rotatable bonds is 1. The van der Waals surface area contributed by atoms with Crippen molar-refractivity contribution in [1.29, 1.82) is 0 Å². The number of benzene rings is 1. The Morgan fingerprint density at radius 2 is 2.05 bits per heavy atom. The highest BCUT2D eigenvalue weighted by molar-refractivity contribution is 6.35. The number of para-hydroxylation sites is 1. The van der Waals surface area contributed by atoms with Crippen molar-refractivity contribution in [3.8, 4) is 0 Å². The van der Waals surface area contributed by atoms with Gasteiger partial charge in [0.15, 0.2) is 0 Å². The normalized spacial score (nSPS) is 30.1. The van der Waals surface area contributed by atoms with Crippen molar-refractivity contribution in [3.05, 3.63) is 23.2 Å². The Labute approximate surface area is 117 Å². The van der Waals surface area contributed by atoms with E-state index in [1.165, 1.54) is 25.9 Å². The molecule has 0 radical (unpaired) electrons. The minimum absolute atomic E-state index is 0.424. The summed E-state index contributed by atoms with van der Waals surface area (Å²) in [7, 11) is 0. The van der Waals surface area contributed by atoms with Crippen LogP contribution in [0.3, 0.4) is 0 Å². The lowest BCUT2D eigenvalue weighted by atomic mass is 9.84. The molecular weight excluding hydrogens is 260 g/mol. The van der Waals surface area contributed by atoms with E-state index in [2.05, 4.69) is 14.5 Å². The Morgan fingerprint density at radius 3 is 2.74 bits per heavy atom. The van der Waals surface area contributed by atoms with E-state index in [0.717, 1.165) is 22.6 Å². The van der Waals surface area contributed by atoms with E-state index in [9.17, 15) is 0 Å². The number of hydrogen-bond acceptors (Lipinski definition) is 3. The van der Waals surface area contributed by atoms with Crippen molar-refractivity contribution in [2.24, 2.45) is 5.92 Å². The molecule has 0 spiro atoms. The van der Waals surface area contributed by atoms with Gasteiger partial charge in [-0.3, -0.25) is 0 Å². The molecule has 0 saturated carbocycles. The number of piperidine rings is 3. The number of nitrogens with two attached hydrogens (primary N) is 1. The topological polar surface area (TPSA) is 47.1 Å². The standard InChI is InChI=1S/C14H17ClN4/c15-10-2-1-3-11-13(10)19(14(16)17-11)12-8-18-6-4-9(12)5-7-18/h1-3,9,12H,4-8H2,(H2,16,17). The van der Waals surface area contributed by atoms with E-state index in [0.29, 0.717) is 17.9 Å². The fourth-order valence-corrected chi connectivity index (χ4v) is 3.95. The van der Waals surface area contributed by atoms with Crippen LogP contribution in [0.5, 0.6) is 0 Å². The third kappa shape index (κ3) is 1.66. The van der Waals surface area contributed by atoms with Gasteiger partial charge in [-0.2, -0.15) is 0 Å². The van der Waals surface area contributed by atoms with Gasteiger partial charge in [0.25, 0.3) is 0 Å². The zero-order valence-electron chi connectivity index (χ0n) is 10.7. The first-order valence-corrected chi connectivity index (χ1v) is 7.26. The lowest BCUT2D eigenvalue weighted by Gasteiger charge is -2.45. The molecule has 3 aliphatic rings. The van der Waals surface area contributed by atoms with E-state index in [1.54, 1.807) is 0 Å². The molecule has 1 atom stereocenters. The van der Waals surface area contributed by atoms with Crippen LogP contribution in [0.1, 0.15) is 18.9 Å². The zero-order chi connectivity index (χ0) is 13.0. The van der Waals surface area contributed by atoms with E-state index >= 15 is 0 Å². The largest absolute Gasteiger partial charge is 0.369 e. The number of aromatic nitrogens is 2. The second-order valence-corrected chi connectivity index (χ2v) is 6.06. The van der Waals surface area contributed by atoms with Crippen molar-refractivity contribution in [1.82, 2.24) is 14.5 Å². The first-order chi connectivity index (χ1) is 9.24. The molecule has 1 aromatic heterocycles. The quantitative estimate of drug-likeness (QED) is 0.871. The van der Waals surface area contributed by atoms with Gasteiger partial charge in [-0.05, 0) is 44.0 Å². The predicted molar refractivity (Wildman–Crippen MR) is 77.4 cm³/mol. The maximum Gasteiger partial charge on any atom is 0.201 e. The van der Waals surface area contributed by atoms with Gasteiger partial charge in [-0.15, -0.1) is 0 Å². The minimum Gasteiger partial charge on any atom is -0.369 e. The summed E-state index contributed by atoms with van der Waals surface area (Å²) in [4.78, 5) is 6.99. The average Bonchev–Trinajstić information content (AvgIpc) is 2.77. The first-order valence-electron chi connectivity index (χ1n) is 6.88. The molecule has 3 saturated heterocycles. The maximum absolute atomic E-state index is 6.37. The Kier molecular flexibility index (Phi) is 2.50. The second-order valence-electron chi connectivity index (χ2n) is 5.65. The summed E-state index contributed by atoms with van der Waals surface area (Å²) in [6.07, 6.45) is 2.52. The fourth-order valence-electron chi connectivity index (χ4n) is 3.69. The summed E-state index contributed by atoms with van der Waals surface area (Å²) in [5.74, 6) is 1.31. The van der Waals surface area contributed by atoms with E-state index in [1.807, 2.05) is 18.2 Å². The van der Waals surface area contributed by atoms with E-state index in [-0.39, 0.29) is 0 Å². The molecule has 1 aromatic carbocycles. The Morgan fingerprint density at radius 1 is 1.26 bits per heavy atom. The number of nitrogen functional groups attached to an aromatic ring is 1. The highest BCUT2D eigenvalue weighted by atomic mass is 35.5. The number of hydrogen-bond donors (Lipinski definition) is 1. The summed E-state index contributed by atoms with van der Waals surface area (Å²) in [5, 5.41) is 0.748. The second kappa shape index (κ2) is 4.12. The highest BCUT2D eigenvalue weighted by Crippen LogP contribution is 2.39. The van der Waals surface area contributed by atoms with Gasteiger partial charge in [0.1, 0.15) is 0 Å². The van der Waals surface area contributed by atoms with Crippen LogP contribution in [-0.2, 0) is 0 Å². The van der Waals surface area contributed by atoms with Crippen LogP contribution < -0.4 is 5.73 Å². The smallest absolute Gasteiger partial charge is 0.201 e. The van der Waals surface area contributed by atoms with Gasteiger partial charge in [-0.1, -0.05) is 17.7 Å². The average molecular weight is 277 g/mol. The van der Waals surface area contributed by atoms with Gasteiger partial charge in [-0.25, -0.2) is 4.98 Å². The summed E-state index contributed by atoms with van der Waals surface area (Å²) < 4.78 is 2.17. The molecule has 0 aliphatic carbocycles. The molecule has 5 heteroatoms. The van der Waals surface area contributed by atoms with Gasteiger partial charge < -0.3 is 15.2 Å². The van der Waals surface area contributed by atoms with E-state index < -0.39 is 0 Å². The van der Waals surface area contributed by atoms with Crippen LogP contribution in [0.25, 0.3) is 11.0 Å². The summed E-state index contributed by atoms with van der Waals surface area (Å²) in [5.41, 5.74) is 8.06. The third-order valence-corrected chi connectivity index (χ3v) is 4.95. The van der Waals surface area contributed by atoms with Crippen LogP contribution in [-0.4, -0.2) is 34.1 Å². The molecule has 4 nitrogen and oxygen atoms in total. The van der Waals surface area contributed by atoms with Gasteiger partial charge in [0, 0.05) is 6.54 Å². The summed E-state index contributed by atoms with van der Waals surface area (Å²) in [6, 6.07) is 6.25. The lowest BCUT2D eigenvalue weighted by Crippen LogP contribution is -2.48. The minimum atomic E-state index is 0.424. The number of halogens is 1. The molecule has 4 heterocycles. The maximum atomic E-state index is 6.37. The van der Waals surface area contributed by atoms with Crippen LogP contribution in [0, 0.1) is 5.92 Å². The molecule has 100 valence electrons. The van der Waals surface area contributed by atoms with Gasteiger partial charge >= 0.3 is 0 Å². The van der Waals surface area contributed by atoms with Crippen molar-refractivity contribution in [2.45, 2.75) is 18.9 Å². The third-order valence-electron chi connectivity index (χ3n) is 4.64. The molecule has 2 bridgehead atoms. The lowest BCUT2D eigenvalue weighted by molar-refractivity contribution is 0.0598. The monoisotopic (exact) mass is 276 g/mol. The molecule has 3 aliphatic heterocycles. The number of imidazole rings is 1. The van der Waals surface area contributed by atoms with Gasteiger partial charge in [0.05, 0.1) is 22.1 Å². The van der Waals surface area contributed by atoms with Crippen molar-refractivity contribution >= 4 is 28.6 Å². The predicted octanol–water partition coefficient (Wildman–Crippen LogP) is 2.54. The first kappa shape index (κ1) is 11.6. The zero-order valence-corrected chi connectivity index (χ0v) is 11.5. The molecule has 3 fully saturated rings. The van der Waals surface area contributed by atoms with Crippen LogP contribution >= 0.6 is 11.6 Å². The van der Waals surface area contributed by atoms with Crippen LogP contribution in [0.4, 0.5) is 5.95 Å². The number of fused-ring (bicyclic) bond motifs is 4. The van der Waals surface area contributed by atoms with E-state index in [4.69, 9.17) is 17.3 Å². The molecule has 5 rings (SSSR count). The molecule has 19 heavy (non-hydrogen) atoms. The number of nitrogens with zero attached hydrogens (tertiary/aromatic N) is 3. The molecule has 2 N–H and O–H groups in total. The summed E-state index contributed by atoms with van der Waals surface area (Å²) in [6.45, 7) is 3.52. The van der Waals surface area contributed by atoms with Gasteiger partial charge in [0.2, 0.25) is 5.95 Å². The summed E-state index contributed by atoms with van der Waals surface area (Å²) >= 11 is 6.37. The van der Waals surface area contributed by atoms with Crippen molar-refractivity contribution < 1.29 is 0 Å². The highest BCUT2D eigenvalue weighted by Gasteiger charge is 2.36.